The van der Waals surface area contributed by atoms with Crippen molar-refractivity contribution >= 4 is 7.98 Å². The smallest absolute Gasteiger partial charge is 0.182 e. The quantitative estimate of drug-likeness (QED) is 0.253. The molecule has 1 aliphatic heterocycles. The summed E-state index contributed by atoms with van der Waals surface area (Å²) in [6, 6.07) is 7.48. The molecule has 3 atom stereocenters. The average Bonchev–Trinajstić information content (AvgIpc) is 3.18. The molecule has 2 unspecified atom stereocenters. The molecule has 1 heterocycles. The topological polar surface area (TPSA) is 18.5 Å². The maximum atomic E-state index is 6.19. The predicted octanol–water partition coefficient (Wildman–Crippen LogP) is 7.51. The zero-order chi connectivity index (χ0) is 28.1. The molecule has 4 heteroatoms. The average molecular weight is 496 g/mol. The Balaban J connectivity index is 0. The fraction of sp³-hybridized carbons (Fsp3) is 0.625. The van der Waals surface area contributed by atoms with Gasteiger partial charge in [-0.2, -0.15) is 0 Å². The standard InChI is InChI=1S/C24H36BN3.2C3H8.C2H6/c1-7-22-11-12-28(25)24(22)10-9-20-13-18(3)14-21(15-20)16-23(8-2)26-19(4)17-27(5)6;2*1-3-2;1-2/h7-8,13-15,22-24,26H,1-2,4,9-12,16-17H2,3,5-6H3;2*3H2,1-2H3;1-2H3/t22?,23?,24-;;;/m1.../s1. The molecule has 2 rings (SSSR count). The van der Waals surface area contributed by atoms with Gasteiger partial charge in [0.2, 0.25) is 0 Å². The molecule has 1 fully saturated rings. The van der Waals surface area contributed by atoms with Gasteiger partial charge >= 0.3 is 0 Å². The molecule has 1 aliphatic rings. The van der Waals surface area contributed by atoms with Crippen molar-refractivity contribution in [2.24, 2.45) is 5.92 Å². The van der Waals surface area contributed by atoms with Crippen LogP contribution in [-0.2, 0) is 12.8 Å². The maximum absolute atomic E-state index is 6.19. The van der Waals surface area contributed by atoms with E-state index in [0.717, 1.165) is 44.5 Å². The number of rotatable bonds is 11. The summed E-state index contributed by atoms with van der Waals surface area (Å²) >= 11 is 0. The lowest BCUT2D eigenvalue weighted by Crippen LogP contribution is -2.32. The SMILES string of the molecule is CC.CCC.CCC.[B]N1CCC(C=C)[C@H]1CCc1cc(C)cc(CC(C=C)NC(=C)CN(C)C)c1. The highest BCUT2D eigenvalue weighted by atomic mass is 15.1. The molecule has 0 spiro atoms. The molecule has 0 bridgehead atoms. The van der Waals surface area contributed by atoms with Crippen LogP contribution in [0.2, 0.25) is 0 Å². The van der Waals surface area contributed by atoms with Gasteiger partial charge in [-0.15, -0.1) is 13.2 Å². The highest BCUT2D eigenvalue weighted by Crippen LogP contribution is 2.27. The van der Waals surface area contributed by atoms with Crippen molar-refractivity contribution in [2.75, 3.05) is 27.2 Å². The van der Waals surface area contributed by atoms with Crippen LogP contribution >= 0.6 is 0 Å². The van der Waals surface area contributed by atoms with E-state index in [0.29, 0.717) is 12.0 Å². The highest BCUT2D eigenvalue weighted by Gasteiger charge is 2.28. The van der Waals surface area contributed by atoms with Crippen molar-refractivity contribution in [2.45, 2.75) is 99.1 Å². The van der Waals surface area contributed by atoms with Crippen LogP contribution in [0.3, 0.4) is 0 Å². The summed E-state index contributed by atoms with van der Waals surface area (Å²) in [5, 5.41) is 3.49. The van der Waals surface area contributed by atoms with Gasteiger partial charge in [-0.05, 0) is 70.3 Å². The number of hydrogen-bond donors (Lipinski definition) is 1. The third-order valence-corrected chi connectivity index (χ3v) is 5.51. The summed E-state index contributed by atoms with van der Waals surface area (Å²) in [7, 11) is 10.3. The van der Waals surface area contributed by atoms with Crippen LogP contribution in [0.5, 0.6) is 0 Å². The first-order valence-electron chi connectivity index (χ1n) is 14.1. The Bertz CT molecular complexity index is 711. The van der Waals surface area contributed by atoms with Crippen LogP contribution in [0.1, 0.15) is 83.9 Å². The van der Waals surface area contributed by atoms with Gasteiger partial charge in [0.1, 0.15) is 0 Å². The number of benzene rings is 1. The van der Waals surface area contributed by atoms with Crippen LogP contribution in [0.15, 0.2) is 55.8 Å². The summed E-state index contributed by atoms with van der Waals surface area (Å²) < 4.78 is 0. The number of aryl methyl sites for hydroxylation is 2. The summed E-state index contributed by atoms with van der Waals surface area (Å²) in [6.45, 7) is 28.6. The van der Waals surface area contributed by atoms with Crippen LogP contribution in [-0.4, -0.2) is 57.0 Å². The monoisotopic (exact) mass is 495 g/mol. The molecule has 204 valence electrons. The highest BCUT2D eigenvalue weighted by molar-refractivity contribution is 6.04. The fourth-order valence-corrected chi connectivity index (χ4v) is 4.22. The molecule has 0 amide bonds. The van der Waals surface area contributed by atoms with Crippen LogP contribution in [0.4, 0.5) is 0 Å². The number of likely N-dealkylation sites (N-methyl/N-ethyl adjacent to an activating group) is 1. The molecule has 1 saturated heterocycles. The van der Waals surface area contributed by atoms with Crippen molar-refractivity contribution in [3.8, 4) is 0 Å². The van der Waals surface area contributed by atoms with Crippen molar-refractivity contribution in [3.05, 3.63) is 72.5 Å². The summed E-state index contributed by atoms with van der Waals surface area (Å²) in [6.07, 6.45) is 10.7. The fourth-order valence-electron chi connectivity index (χ4n) is 4.22. The molecular formula is C32H58BN3. The van der Waals surface area contributed by atoms with E-state index in [1.165, 1.54) is 29.5 Å². The minimum atomic E-state index is 0.182. The van der Waals surface area contributed by atoms with E-state index in [1.807, 2.05) is 38.8 Å². The Morgan fingerprint density at radius 2 is 1.67 bits per heavy atom. The van der Waals surface area contributed by atoms with Crippen LogP contribution < -0.4 is 5.32 Å². The van der Waals surface area contributed by atoms with E-state index < -0.39 is 0 Å². The van der Waals surface area contributed by atoms with E-state index in [4.69, 9.17) is 7.98 Å². The Labute approximate surface area is 227 Å². The third kappa shape index (κ3) is 16.1. The summed E-state index contributed by atoms with van der Waals surface area (Å²) in [4.78, 5) is 4.11. The molecular weight excluding hydrogens is 437 g/mol. The second-order valence-electron chi connectivity index (χ2n) is 9.81. The van der Waals surface area contributed by atoms with E-state index >= 15 is 0 Å². The van der Waals surface area contributed by atoms with E-state index in [2.05, 4.69) is 88.8 Å². The molecule has 0 aromatic heterocycles. The summed E-state index contributed by atoms with van der Waals surface area (Å²) in [5.41, 5.74) is 5.04. The van der Waals surface area contributed by atoms with Gasteiger partial charge in [0.05, 0.1) is 0 Å². The first-order chi connectivity index (χ1) is 17.1. The van der Waals surface area contributed by atoms with Gasteiger partial charge in [-0.3, -0.25) is 0 Å². The molecule has 1 aromatic rings. The lowest BCUT2D eigenvalue weighted by molar-refractivity contribution is 0.363. The molecule has 1 aromatic carbocycles. The zero-order valence-corrected chi connectivity index (χ0v) is 25.4. The van der Waals surface area contributed by atoms with Gasteiger partial charge in [-0.25, -0.2) is 0 Å². The molecule has 1 N–H and O–H groups in total. The second kappa shape index (κ2) is 22.4. The first kappa shape index (κ1) is 36.4. The van der Waals surface area contributed by atoms with Gasteiger partial charge in [0.15, 0.2) is 7.98 Å². The minimum absolute atomic E-state index is 0.182. The maximum Gasteiger partial charge on any atom is 0.182 e. The Kier molecular flexibility index (Phi) is 22.7. The zero-order valence-electron chi connectivity index (χ0n) is 25.4. The Morgan fingerprint density at radius 1 is 1.11 bits per heavy atom. The lowest BCUT2D eigenvalue weighted by atomic mass is 9.92. The van der Waals surface area contributed by atoms with Crippen LogP contribution in [0, 0.1) is 12.8 Å². The van der Waals surface area contributed by atoms with Gasteiger partial charge in [0, 0.05) is 24.3 Å². The number of nitrogens with zero attached hydrogens (tertiary/aromatic N) is 2. The van der Waals surface area contributed by atoms with E-state index in [1.54, 1.807) is 0 Å². The molecule has 2 radical (unpaired) electrons. The van der Waals surface area contributed by atoms with E-state index in [-0.39, 0.29) is 6.04 Å². The Morgan fingerprint density at radius 3 is 2.17 bits per heavy atom. The van der Waals surface area contributed by atoms with Crippen molar-refractivity contribution < 1.29 is 0 Å². The van der Waals surface area contributed by atoms with Gasteiger partial charge in [-0.1, -0.05) is 96.9 Å². The molecule has 0 saturated carbocycles. The first-order valence-corrected chi connectivity index (χ1v) is 14.1. The molecule has 3 nitrogen and oxygen atoms in total. The predicted molar refractivity (Wildman–Crippen MR) is 166 cm³/mol. The minimum Gasteiger partial charge on any atom is -0.381 e. The lowest BCUT2D eigenvalue weighted by Gasteiger charge is -2.24. The second-order valence-corrected chi connectivity index (χ2v) is 9.81. The number of hydrogen-bond acceptors (Lipinski definition) is 3. The molecule has 0 aliphatic carbocycles. The normalized spacial score (nSPS) is 17.4. The van der Waals surface area contributed by atoms with E-state index in [9.17, 15) is 0 Å². The van der Waals surface area contributed by atoms with Crippen molar-refractivity contribution in [3.63, 3.8) is 0 Å². The van der Waals surface area contributed by atoms with Crippen molar-refractivity contribution in [1.29, 1.82) is 0 Å². The Hall–Kier alpha value is -1.78. The van der Waals surface area contributed by atoms with Crippen molar-refractivity contribution in [1.82, 2.24) is 15.0 Å². The summed E-state index contributed by atoms with van der Waals surface area (Å²) in [5.74, 6) is 0.506. The number of nitrogens with one attached hydrogen (secondary N) is 1. The van der Waals surface area contributed by atoms with Gasteiger partial charge < -0.3 is 15.0 Å². The van der Waals surface area contributed by atoms with Crippen LogP contribution in [0.25, 0.3) is 0 Å². The molecule has 36 heavy (non-hydrogen) atoms. The third-order valence-electron chi connectivity index (χ3n) is 5.51. The van der Waals surface area contributed by atoms with Gasteiger partial charge in [0.25, 0.3) is 0 Å². The largest absolute Gasteiger partial charge is 0.381 e.